The lowest BCUT2D eigenvalue weighted by Gasteiger charge is -2.22. The highest BCUT2D eigenvalue weighted by molar-refractivity contribution is 6.07. The zero-order valence-electron chi connectivity index (χ0n) is 30.0. The normalized spacial score (nSPS) is 11.9. The van der Waals surface area contributed by atoms with Crippen molar-refractivity contribution in [2.45, 2.75) is 64.7 Å². The summed E-state index contributed by atoms with van der Waals surface area (Å²) in [6.07, 6.45) is 4.94. The van der Waals surface area contributed by atoms with Crippen LogP contribution in [0, 0.1) is 5.82 Å². The molecule has 280 valence electrons. The van der Waals surface area contributed by atoms with Gasteiger partial charge in [-0.2, -0.15) is 0 Å². The summed E-state index contributed by atoms with van der Waals surface area (Å²) in [5.74, 6) is 0.0883. The minimum atomic E-state index is -0.888. The molecule has 4 aromatic rings. The highest BCUT2D eigenvalue weighted by atomic mass is 19.1. The van der Waals surface area contributed by atoms with Gasteiger partial charge in [0.05, 0.1) is 13.2 Å². The number of carboxylic acids is 2. The lowest BCUT2D eigenvalue weighted by atomic mass is 9.97. The van der Waals surface area contributed by atoms with Crippen molar-refractivity contribution in [2.24, 2.45) is 0 Å². The molecule has 0 unspecified atom stereocenters. The van der Waals surface area contributed by atoms with Crippen LogP contribution in [0.2, 0.25) is 0 Å². The number of fused-ring (bicyclic) bond motifs is 1. The van der Waals surface area contributed by atoms with E-state index in [1.807, 2.05) is 55.5 Å². The Morgan fingerprint density at radius 1 is 0.736 bits per heavy atom. The first kappa shape index (κ1) is 38.6. The Morgan fingerprint density at radius 3 is 2.23 bits per heavy atom. The third-order valence-corrected chi connectivity index (χ3v) is 8.95. The lowest BCUT2D eigenvalue weighted by molar-refractivity contribution is -0.138. The third-order valence-electron chi connectivity index (χ3n) is 8.95. The lowest BCUT2D eigenvalue weighted by Crippen LogP contribution is -2.30. The van der Waals surface area contributed by atoms with Crippen LogP contribution in [0.5, 0.6) is 23.0 Å². The van der Waals surface area contributed by atoms with Crippen LogP contribution in [0.3, 0.4) is 0 Å². The molecule has 11 heteroatoms. The van der Waals surface area contributed by atoms with Crippen LogP contribution in [-0.4, -0.2) is 61.0 Å². The van der Waals surface area contributed by atoms with E-state index in [9.17, 15) is 23.9 Å². The zero-order valence-corrected chi connectivity index (χ0v) is 30.0. The Hall–Kier alpha value is -5.58. The van der Waals surface area contributed by atoms with Gasteiger partial charge >= 0.3 is 11.9 Å². The average molecular weight is 728 g/mol. The largest absolute Gasteiger partial charge is 0.494 e. The quantitative estimate of drug-likeness (QED) is 0.0862. The van der Waals surface area contributed by atoms with E-state index in [0.29, 0.717) is 73.5 Å². The molecule has 0 spiro atoms. The van der Waals surface area contributed by atoms with Gasteiger partial charge in [-0.1, -0.05) is 31.0 Å². The van der Waals surface area contributed by atoms with Crippen LogP contribution in [0.15, 0.2) is 78.9 Å². The molecule has 0 fully saturated rings. The second-order valence-corrected chi connectivity index (χ2v) is 12.8. The molecule has 2 N–H and O–H groups in total. The average Bonchev–Trinajstić information content (AvgIpc) is 3.16. The van der Waals surface area contributed by atoms with Crippen molar-refractivity contribution in [1.29, 1.82) is 0 Å². The Balaban J connectivity index is 1.22. The number of unbranched alkanes of at least 4 members (excludes halogenated alkanes) is 3. The summed E-state index contributed by atoms with van der Waals surface area (Å²) in [4.78, 5) is 37.7. The highest BCUT2D eigenvalue weighted by Crippen LogP contribution is 2.36. The van der Waals surface area contributed by atoms with Gasteiger partial charge in [0.2, 0.25) is 0 Å². The molecule has 4 aromatic carbocycles. The fraction of sp³-hybridized carbons (Fsp3) is 0.357. The first-order valence-corrected chi connectivity index (χ1v) is 18.1. The highest BCUT2D eigenvalue weighted by Gasteiger charge is 2.20. The number of ether oxygens (including phenoxy) is 4. The predicted octanol–water partition coefficient (Wildman–Crippen LogP) is 8.37. The molecule has 1 amide bonds. The monoisotopic (exact) mass is 727 g/mol. The van der Waals surface area contributed by atoms with Crippen molar-refractivity contribution < 1.29 is 47.9 Å². The number of hydrogen-bond donors (Lipinski definition) is 2. The summed E-state index contributed by atoms with van der Waals surface area (Å²) in [6.45, 7) is 3.89. The Kier molecular flexibility index (Phi) is 14.1. The molecular weight excluding hydrogens is 681 g/mol. The van der Waals surface area contributed by atoms with E-state index in [1.54, 1.807) is 23.1 Å². The number of aliphatic carboxylic acids is 2. The van der Waals surface area contributed by atoms with Crippen LogP contribution < -0.4 is 23.8 Å². The van der Waals surface area contributed by atoms with Crippen LogP contribution >= 0.6 is 0 Å². The molecule has 53 heavy (non-hydrogen) atoms. The smallest absolute Gasteiger partial charge is 0.303 e. The molecule has 1 aliphatic heterocycles. The van der Waals surface area contributed by atoms with E-state index in [0.717, 1.165) is 54.4 Å². The number of nitrogens with zero attached hydrogens (tertiary/aromatic N) is 1. The van der Waals surface area contributed by atoms with Gasteiger partial charge in [-0.15, -0.1) is 0 Å². The standard InChI is InChI=1S/C42H46FNO9/c1-2-44(34-16-14-33(43)15-17-34)42(49)32-25-31(30-13-19-38-39(28-30)53-24-23-52-38)26-35(27-32)50-21-6-4-3-5-9-29-10-7-11-37(36(29)18-20-41(47)48)51-22-8-12-40(45)46/h7,10-11,13-17,19,25-28H,2-6,8-9,12,18,20-24H2,1H3,(H,45,46)(H,47,48). The van der Waals surface area contributed by atoms with Gasteiger partial charge in [-0.3, -0.25) is 14.4 Å². The maximum absolute atomic E-state index is 13.9. The molecule has 0 aromatic heterocycles. The predicted molar refractivity (Wildman–Crippen MR) is 199 cm³/mol. The minimum absolute atomic E-state index is 0.00740. The number of carbonyl (C=O) groups is 3. The number of halogens is 1. The first-order chi connectivity index (χ1) is 25.7. The van der Waals surface area contributed by atoms with Crippen molar-refractivity contribution in [3.05, 3.63) is 101 Å². The molecule has 1 aliphatic rings. The van der Waals surface area contributed by atoms with Gasteiger partial charge < -0.3 is 34.1 Å². The van der Waals surface area contributed by atoms with Crippen molar-refractivity contribution >= 4 is 23.5 Å². The molecular formula is C42H46FNO9. The Morgan fingerprint density at radius 2 is 1.47 bits per heavy atom. The summed E-state index contributed by atoms with van der Waals surface area (Å²) in [6, 6.07) is 22.7. The number of carboxylic acid groups (broad SMARTS) is 2. The van der Waals surface area contributed by atoms with E-state index >= 15 is 0 Å². The summed E-state index contributed by atoms with van der Waals surface area (Å²) in [5, 5.41) is 18.2. The van der Waals surface area contributed by atoms with E-state index in [4.69, 9.17) is 24.1 Å². The number of rotatable bonds is 20. The molecule has 0 atom stereocenters. The van der Waals surface area contributed by atoms with E-state index in [-0.39, 0.29) is 31.2 Å². The molecule has 5 rings (SSSR count). The van der Waals surface area contributed by atoms with Crippen molar-refractivity contribution in [1.82, 2.24) is 0 Å². The number of anilines is 1. The summed E-state index contributed by atoms with van der Waals surface area (Å²) >= 11 is 0. The van der Waals surface area contributed by atoms with Crippen molar-refractivity contribution in [3.8, 4) is 34.1 Å². The molecule has 0 bridgehead atoms. The molecule has 0 radical (unpaired) electrons. The van der Waals surface area contributed by atoms with Crippen LogP contribution in [0.4, 0.5) is 10.1 Å². The van der Waals surface area contributed by atoms with Gasteiger partial charge in [-0.25, -0.2) is 4.39 Å². The van der Waals surface area contributed by atoms with Gasteiger partial charge in [0, 0.05) is 30.6 Å². The Labute approximate surface area is 309 Å². The summed E-state index contributed by atoms with van der Waals surface area (Å²) in [7, 11) is 0. The van der Waals surface area contributed by atoms with Crippen molar-refractivity contribution in [3.63, 3.8) is 0 Å². The topological polar surface area (TPSA) is 132 Å². The molecule has 1 heterocycles. The van der Waals surface area contributed by atoms with E-state index < -0.39 is 11.9 Å². The van der Waals surface area contributed by atoms with E-state index in [2.05, 4.69) is 0 Å². The SMILES string of the molecule is CCN(C(=O)c1cc(OCCCCCCc2cccc(OCCCC(=O)O)c2CCC(=O)O)cc(-c2ccc3c(c2)OCCO3)c1)c1ccc(F)cc1. The maximum atomic E-state index is 13.9. The summed E-state index contributed by atoms with van der Waals surface area (Å²) in [5.41, 5.74) is 4.55. The van der Waals surface area contributed by atoms with E-state index in [1.165, 1.54) is 12.1 Å². The second-order valence-electron chi connectivity index (χ2n) is 12.8. The van der Waals surface area contributed by atoms with Crippen LogP contribution in [0.25, 0.3) is 11.1 Å². The van der Waals surface area contributed by atoms with Crippen LogP contribution in [0.1, 0.15) is 73.4 Å². The van der Waals surface area contributed by atoms with Gasteiger partial charge in [-0.05, 0) is 122 Å². The fourth-order valence-corrected chi connectivity index (χ4v) is 6.28. The number of aryl methyl sites for hydroxylation is 1. The Bertz CT molecular complexity index is 1860. The molecule has 0 saturated carbocycles. The molecule has 0 saturated heterocycles. The molecule has 10 nitrogen and oxygen atoms in total. The van der Waals surface area contributed by atoms with Gasteiger partial charge in [0.1, 0.15) is 30.5 Å². The van der Waals surface area contributed by atoms with Crippen LogP contribution in [-0.2, 0) is 22.4 Å². The fourth-order valence-electron chi connectivity index (χ4n) is 6.28. The van der Waals surface area contributed by atoms with Gasteiger partial charge in [0.15, 0.2) is 11.5 Å². The summed E-state index contributed by atoms with van der Waals surface area (Å²) < 4.78 is 37.3. The van der Waals surface area contributed by atoms with Crippen molar-refractivity contribution in [2.75, 3.05) is 37.9 Å². The number of carbonyl (C=O) groups excluding carboxylic acids is 1. The maximum Gasteiger partial charge on any atom is 0.303 e. The number of amides is 1. The minimum Gasteiger partial charge on any atom is -0.494 e. The number of benzene rings is 4. The number of hydrogen-bond acceptors (Lipinski definition) is 7. The van der Waals surface area contributed by atoms with Gasteiger partial charge in [0.25, 0.3) is 5.91 Å². The first-order valence-electron chi connectivity index (χ1n) is 18.1. The second kappa shape index (κ2) is 19.3. The zero-order chi connectivity index (χ0) is 37.6. The third kappa shape index (κ3) is 11.2. The molecule has 0 aliphatic carbocycles.